The van der Waals surface area contributed by atoms with Crippen LogP contribution in [0.25, 0.3) is 6.08 Å². The van der Waals surface area contributed by atoms with Gasteiger partial charge in [0.1, 0.15) is 0 Å². The molecule has 8 nitrogen and oxygen atoms in total. The van der Waals surface area contributed by atoms with E-state index in [9.17, 15) is 24.8 Å². The Bertz CT molecular complexity index is 1040. The molecule has 0 unspecified atom stereocenters. The highest BCUT2D eigenvalue weighted by molar-refractivity contribution is 14.1. The smallest absolute Gasteiger partial charge is 0.293 e. The number of phenols is 1. The Kier molecular flexibility index (Phi) is 6.42. The van der Waals surface area contributed by atoms with Crippen molar-refractivity contribution in [2.75, 3.05) is 6.61 Å². The number of halogens is 1. The van der Waals surface area contributed by atoms with Gasteiger partial charge >= 0.3 is 0 Å². The third-order valence-electron chi connectivity index (χ3n) is 4.04. The second kappa shape index (κ2) is 8.82. The van der Waals surface area contributed by atoms with Crippen LogP contribution in [0.15, 0.2) is 41.3 Å². The number of nitro benzene ring substituents is 1. The highest BCUT2D eigenvalue weighted by Crippen LogP contribution is 2.37. The summed E-state index contributed by atoms with van der Waals surface area (Å²) < 4.78 is 5.93. The summed E-state index contributed by atoms with van der Waals surface area (Å²) >= 11 is 2.71. The van der Waals surface area contributed by atoms with Crippen LogP contribution < -0.4 is 4.74 Å². The Morgan fingerprint density at radius 2 is 2.03 bits per heavy atom. The molecular weight excluding hydrogens is 511 g/mol. The number of ether oxygens (including phenoxy) is 1. The quantitative estimate of drug-likeness (QED) is 0.255. The maximum absolute atomic E-state index is 12.7. The van der Waals surface area contributed by atoms with Crippen LogP contribution in [-0.2, 0) is 11.3 Å². The van der Waals surface area contributed by atoms with E-state index >= 15 is 0 Å². The van der Waals surface area contributed by atoms with Crippen molar-refractivity contribution >= 4 is 57.3 Å². The summed E-state index contributed by atoms with van der Waals surface area (Å²) in [6.07, 6.45) is 1.54. The monoisotopic (exact) mass is 526 g/mol. The molecule has 0 aliphatic carbocycles. The van der Waals surface area contributed by atoms with Gasteiger partial charge in [0.25, 0.3) is 16.8 Å². The lowest BCUT2D eigenvalue weighted by molar-refractivity contribution is -0.385. The molecule has 29 heavy (non-hydrogen) atoms. The molecule has 0 saturated carbocycles. The predicted molar refractivity (Wildman–Crippen MR) is 117 cm³/mol. The Morgan fingerprint density at radius 3 is 2.72 bits per heavy atom. The molecule has 0 aromatic heterocycles. The summed E-state index contributed by atoms with van der Waals surface area (Å²) in [4.78, 5) is 36.9. The van der Waals surface area contributed by atoms with Crippen LogP contribution in [0.5, 0.6) is 11.5 Å². The van der Waals surface area contributed by atoms with Gasteiger partial charge in [-0.1, -0.05) is 18.2 Å². The molecule has 1 saturated heterocycles. The molecule has 2 amide bonds. The van der Waals surface area contributed by atoms with E-state index in [2.05, 4.69) is 0 Å². The number of nitro groups is 1. The van der Waals surface area contributed by atoms with Crippen molar-refractivity contribution in [1.29, 1.82) is 0 Å². The number of hydrogen-bond acceptors (Lipinski definition) is 7. The number of phenolic OH excluding ortho intramolecular Hbond substituents is 1. The zero-order chi connectivity index (χ0) is 21.1. The van der Waals surface area contributed by atoms with Crippen LogP contribution in [0.3, 0.4) is 0 Å². The number of hydrogen-bond donors (Lipinski definition) is 1. The Morgan fingerprint density at radius 1 is 1.31 bits per heavy atom. The minimum atomic E-state index is -0.544. The fraction of sp³-hybridized carbons (Fsp3) is 0.158. The van der Waals surface area contributed by atoms with Gasteiger partial charge in [0.15, 0.2) is 11.5 Å². The first-order valence-electron chi connectivity index (χ1n) is 8.44. The highest BCUT2D eigenvalue weighted by Gasteiger charge is 2.36. The lowest BCUT2D eigenvalue weighted by atomic mass is 10.1. The first-order chi connectivity index (χ1) is 13.8. The summed E-state index contributed by atoms with van der Waals surface area (Å²) in [5.41, 5.74) is 0.718. The standard InChI is InChI=1S/C19H15IN2O6S/c1-2-28-15-8-11(7-13(20)17(15)23)9-16-18(24)21(19(25)29-16)10-12-5-3-4-6-14(12)22(26)27/h3-9,23H,2,10H2,1H3/b16-9+. The summed E-state index contributed by atoms with van der Waals surface area (Å²) in [5, 5.41) is 20.7. The molecule has 1 heterocycles. The second-order valence-electron chi connectivity index (χ2n) is 5.94. The van der Waals surface area contributed by atoms with Crippen LogP contribution in [0.2, 0.25) is 0 Å². The lowest BCUT2D eigenvalue weighted by Gasteiger charge is -2.12. The molecule has 0 radical (unpaired) electrons. The highest BCUT2D eigenvalue weighted by atomic mass is 127. The van der Waals surface area contributed by atoms with Crippen LogP contribution in [-0.4, -0.2) is 32.7 Å². The van der Waals surface area contributed by atoms with Crippen molar-refractivity contribution in [3.05, 3.63) is 66.1 Å². The zero-order valence-electron chi connectivity index (χ0n) is 15.1. The molecule has 10 heteroatoms. The number of para-hydroxylation sites is 1. The number of amides is 2. The third-order valence-corrected chi connectivity index (χ3v) is 5.77. The molecular formula is C19H15IN2O6S. The molecule has 2 aromatic carbocycles. The molecule has 1 N–H and O–H groups in total. The first kappa shape index (κ1) is 21.1. The van der Waals surface area contributed by atoms with E-state index in [1.165, 1.54) is 24.3 Å². The number of benzene rings is 2. The predicted octanol–water partition coefficient (Wildman–Crippen LogP) is 4.54. The number of aromatic hydroxyl groups is 1. The average molecular weight is 526 g/mol. The van der Waals surface area contributed by atoms with Crippen molar-refractivity contribution in [3.63, 3.8) is 0 Å². The first-order valence-corrected chi connectivity index (χ1v) is 10.3. The number of nitrogens with zero attached hydrogens (tertiary/aromatic N) is 2. The molecule has 0 atom stereocenters. The van der Waals surface area contributed by atoms with E-state index in [1.54, 1.807) is 25.1 Å². The Labute approximate surface area is 183 Å². The number of carbonyl (C=O) groups excluding carboxylic acids is 2. The van der Waals surface area contributed by atoms with Gasteiger partial charge in [0.05, 0.1) is 26.6 Å². The Balaban J connectivity index is 1.89. The number of thioether (sulfide) groups is 1. The summed E-state index contributed by atoms with van der Waals surface area (Å²) in [5.74, 6) is -0.238. The summed E-state index contributed by atoms with van der Waals surface area (Å²) in [6.45, 7) is 1.96. The molecule has 150 valence electrons. The van der Waals surface area contributed by atoms with Crippen LogP contribution in [0.1, 0.15) is 18.1 Å². The fourth-order valence-electron chi connectivity index (χ4n) is 2.72. The van der Waals surface area contributed by atoms with Gasteiger partial charge in [0, 0.05) is 11.6 Å². The van der Waals surface area contributed by atoms with Crippen molar-refractivity contribution in [3.8, 4) is 11.5 Å². The SMILES string of the molecule is CCOc1cc(/C=C2/SC(=O)N(Cc3ccccc3[N+](=O)[O-])C2=O)cc(I)c1O. The molecule has 0 bridgehead atoms. The number of imide groups is 1. The maximum atomic E-state index is 12.7. The molecule has 1 aliphatic rings. The topological polar surface area (TPSA) is 110 Å². The minimum absolute atomic E-state index is 0.00842. The summed E-state index contributed by atoms with van der Waals surface area (Å²) in [6, 6.07) is 9.23. The van der Waals surface area contributed by atoms with E-state index in [0.717, 1.165) is 16.7 Å². The minimum Gasteiger partial charge on any atom is -0.504 e. The van der Waals surface area contributed by atoms with E-state index in [1.807, 2.05) is 22.6 Å². The summed E-state index contributed by atoms with van der Waals surface area (Å²) in [7, 11) is 0. The van der Waals surface area contributed by atoms with Crippen LogP contribution in [0.4, 0.5) is 10.5 Å². The largest absolute Gasteiger partial charge is 0.504 e. The molecule has 1 fully saturated rings. The van der Waals surface area contributed by atoms with Gasteiger partial charge in [-0.3, -0.25) is 24.6 Å². The molecule has 0 spiro atoms. The van der Waals surface area contributed by atoms with Crippen LogP contribution >= 0.6 is 34.4 Å². The fourth-order valence-corrected chi connectivity index (χ4v) is 4.19. The number of carbonyl (C=O) groups is 2. The maximum Gasteiger partial charge on any atom is 0.293 e. The van der Waals surface area contributed by atoms with E-state index < -0.39 is 16.1 Å². The van der Waals surface area contributed by atoms with E-state index in [4.69, 9.17) is 4.74 Å². The third kappa shape index (κ3) is 4.53. The van der Waals surface area contributed by atoms with Crippen LogP contribution in [0, 0.1) is 13.7 Å². The van der Waals surface area contributed by atoms with Gasteiger partial charge < -0.3 is 9.84 Å². The van der Waals surface area contributed by atoms with E-state index in [0.29, 0.717) is 15.7 Å². The van der Waals surface area contributed by atoms with Crippen molar-refractivity contribution in [1.82, 2.24) is 4.90 Å². The van der Waals surface area contributed by atoms with Gasteiger partial charge in [-0.2, -0.15) is 0 Å². The van der Waals surface area contributed by atoms with Crippen molar-refractivity contribution in [2.24, 2.45) is 0 Å². The van der Waals surface area contributed by atoms with E-state index in [-0.39, 0.29) is 34.2 Å². The second-order valence-corrected chi connectivity index (χ2v) is 8.09. The van der Waals surface area contributed by atoms with Crippen molar-refractivity contribution < 1.29 is 24.4 Å². The van der Waals surface area contributed by atoms with Gasteiger partial charge in [-0.25, -0.2) is 0 Å². The lowest BCUT2D eigenvalue weighted by Crippen LogP contribution is -2.27. The average Bonchev–Trinajstić information content (AvgIpc) is 2.93. The molecule has 3 rings (SSSR count). The van der Waals surface area contributed by atoms with Gasteiger partial charge in [0.2, 0.25) is 0 Å². The number of rotatable bonds is 6. The molecule has 1 aliphatic heterocycles. The van der Waals surface area contributed by atoms with Crippen molar-refractivity contribution in [2.45, 2.75) is 13.5 Å². The zero-order valence-corrected chi connectivity index (χ0v) is 18.1. The van der Waals surface area contributed by atoms with Gasteiger partial charge in [-0.05, 0) is 65.0 Å². The Hall–Kier alpha value is -2.60. The van der Waals surface area contributed by atoms with Gasteiger partial charge in [-0.15, -0.1) is 0 Å². The molecule has 2 aromatic rings. The normalized spacial score (nSPS) is 15.2.